The Hall–Kier alpha value is -0.220. The Kier molecular flexibility index (Phi) is 3.18. The zero-order chi connectivity index (χ0) is 8.36. The van der Waals surface area contributed by atoms with Gasteiger partial charge in [0, 0.05) is 5.41 Å². The maximum Gasteiger partial charge on any atom is 0.264 e. The van der Waals surface area contributed by atoms with E-state index < -0.39 is 24.6 Å². The number of halogens is 2. The molecule has 0 bridgehead atoms. The van der Waals surface area contributed by atoms with Crippen molar-refractivity contribution in [3.8, 4) is 0 Å². The van der Waals surface area contributed by atoms with E-state index in [0.717, 1.165) is 0 Å². The van der Waals surface area contributed by atoms with Crippen LogP contribution in [0.3, 0.4) is 0 Å². The molecule has 62 valence electrons. The lowest BCUT2D eigenvalue weighted by molar-refractivity contribution is -0.0871. The molecule has 0 aromatic rings. The molecule has 0 radical (unpaired) electrons. The van der Waals surface area contributed by atoms with Gasteiger partial charge >= 0.3 is 0 Å². The van der Waals surface area contributed by atoms with Gasteiger partial charge < -0.3 is 10.2 Å². The van der Waals surface area contributed by atoms with E-state index >= 15 is 0 Å². The number of alkyl halides is 2. The third kappa shape index (κ3) is 2.19. The number of rotatable bonds is 3. The van der Waals surface area contributed by atoms with Crippen LogP contribution in [-0.2, 0) is 0 Å². The zero-order valence-corrected chi connectivity index (χ0v) is 6.01. The highest BCUT2D eigenvalue weighted by atomic mass is 19.3. The van der Waals surface area contributed by atoms with Gasteiger partial charge in [0.2, 0.25) is 0 Å². The maximum absolute atomic E-state index is 11.7. The maximum atomic E-state index is 11.7. The first-order valence-corrected chi connectivity index (χ1v) is 2.99. The van der Waals surface area contributed by atoms with Crippen LogP contribution in [0.2, 0.25) is 0 Å². The van der Waals surface area contributed by atoms with Gasteiger partial charge in [0.15, 0.2) is 0 Å². The van der Waals surface area contributed by atoms with Crippen molar-refractivity contribution in [2.45, 2.75) is 26.4 Å². The summed E-state index contributed by atoms with van der Waals surface area (Å²) in [5, 5.41) is 17.3. The summed E-state index contributed by atoms with van der Waals surface area (Å²) in [6.07, 6.45) is -4.54. The van der Waals surface area contributed by atoms with Crippen LogP contribution >= 0.6 is 0 Å². The molecule has 0 aromatic carbocycles. The molecule has 0 aliphatic carbocycles. The van der Waals surface area contributed by atoms with Crippen LogP contribution in [0.15, 0.2) is 0 Å². The first-order chi connectivity index (χ1) is 4.41. The highest BCUT2D eigenvalue weighted by molar-refractivity contribution is 4.78. The van der Waals surface area contributed by atoms with Crippen molar-refractivity contribution in [2.24, 2.45) is 5.41 Å². The average molecular weight is 154 g/mol. The Morgan fingerprint density at radius 2 is 1.80 bits per heavy atom. The van der Waals surface area contributed by atoms with E-state index in [1.165, 1.54) is 13.8 Å². The fraction of sp³-hybridized carbons (Fsp3) is 1.00. The van der Waals surface area contributed by atoms with E-state index in [2.05, 4.69) is 0 Å². The van der Waals surface area contributed by atoms with Gasteiger partial charge in [0.1, 0.15) is 6.10 Å². The molecule has 0 fully saturated rings. The Morgan fingerprint density at radius 1 is 1.40 bits per heavy atom. The molecule has 0 heterocycles. The van der Waals surface area contributed by atoms with Gasteiger partial charge in [-0.3, -0.25) is 0 Å². The van der Waals surface area contributed by atoms with Crippen molar-refractivity contribution in [3.63, 3.8) is 0 Å². The van der Waals surface area contributed by atoms with E-state index in [-0.39, 0.29) is 0 Å². The second-order valence-corrected chi connectivity index (χ2v) is 2.93. The van der Waals surface area contributed by atoms with Crippen molar-refractivity contribution in [1.82, 2.24) is 0 Å². The molecule has 2 nitrogen and oxygen atoms in total. The summed E-state index contributed by atoms with van der Waals surface area (Å²) >= 11 is 0. The first kappa shape index (κ1) is 9.78. The summed E-state index contributed by atoms with van der Waals surface area (Å²) in [6, 6.07) is 0. The minimum absolute atomic E-state index is 0.446. The van der Waals surface area contributed by atoms with Crippen LogP contribution < -0.4 is 0 Å². The summed E-state index contributed by atoms with van der Waals surface area (Å²) in [7, 11) is 0. The fourth-order valence-corrected chi connectivity index (χ4v) is 0.435. The van der Waals surface area contributed by atoms with Crippen LogP contribution in [0, 0.1) is 5.41 Å². The van der Waals surface area contributed by atoms with E-state index in [1.54, 1.807) is 0 Å². The van der Waals surface area contributed by atoms with Crippen molar-refractivity contribution in [2.75, 3.05) is 6.61 Å². The molecule has 0 aliphatic heterocycles. The zero-order valence-electron chi connectivity index (χ0n) is 6.01. The average Bonchev–Trinajstić information content (AvgIpc) is 1.86. The standard InChI is InChI=1S/C6H12F2O2/c1-6(2,3-9)4(10)5(7)8/h4-5,9-10H,3H2,1-2H3. The van der Waals surface area contributed by atoms with E-state index in [9.17, 15) is 8.78 Å². The van der Waals surface area contributed by atoms with Crippen molar-refractivity contribution < 1.29 is 19.0 Å². The van der Waals surface area contributed by atoms with Gasteiger partial charge in [-0.15, -0.1) is 0 Å². The lowest BCUT2D eigenvalue weighted by Crippen LogP contribution is -2.38. The molecule has 0 rings (SSSR count). The largest absolute Gasteiger partial charge is 0.396 e. The van der Waals surface area contributed by atoms with Gasteiger partial charge in [0.05, 0.1) is 6.61 Å². The minimum atomic E-state index is -2.79. The summed E-state index contributed by atoms with van der Waals surface area (Å²) in [5.41, 5.74) is -1.12. The fourth-order valence-electron chi connectivity index (χ4n) is 0.435. The van der Waals surface area contributed by atoms with Gasteiger partial charge in [-0.2, -0.15) is 0 Å². The molecule has 0 spiro atoms. The summed E-state index contributed by atoms with van der Waals surface area (Å²) in [6.45, 7) is 2.31. The van der Waals surface area contributed by atoms with Crippen LogP contribution in [0.4, 0.5) is 8.78 Å². The summed E-state index contributed by atoms with van der Waals surface area (Å²) in [5.74, 6) is 0. The molecule has 0 aromatic heterocycles. The quantitative estimate of drug-likeness (QED) is 0.626. The number of aliphatic hydroxyl groups is 2. The molecular weight excluding hydrogens is 142 g/mol. The number of hydrogen-bond donors (Lipinski definition) is 2. The normalized spacial score (nSPS) is 15.9. The van der Waals surface area contributed by atoms with Gasteiger partial charge in [0.25, 0.3) is 6.43 Å². The van der Waals surface area contributed by atoms with Gasteiger partial charge in [-0.05, 0) is 0 Å². The topological polar surface area (TPSA) is 40.5 Å². The predicted molar refractivity (Wildman–Crippen MR) is 32.9 cm³/mol. The van der Waals surface area contributed by atoms with E-state index in [4.69, 9.17) is 10.2 Å². The number of hydrogen-bond acceptors (Lipinski definition) is 2. The second kappa shape index (κ2) is 3.25. The smallest absolute Gasteiger partial charge is 0.264 e. The second-order valence-electron chi connectivity index (χ2n) is 2.93. The molecule has 1 atom stereocenters. The number of aliphatic hydroxyl groups excluding tert-OH is 2. The Labute approximate surface area is 58.5 Å². The molecule has 0 aliphatic rings. The highest BCUT2D eigenvalue weighted by Crippen LogP contribution is 2.23. The lowest BCUT2D eigenvalue weighted by Gasteiger charge is -2.27. The molecule has 1 unspecified atom stereocenters. The third-order valence-electron chi connectivity index (χ3n) is 1.45. The van der Waals surface area contributed by atoms with Crippen LogP contribution in [0.1, 0.15) is 13.8 Å². The van der Waals surface area contributed by atoms with Crippen LogP contribution in [-0.4, -0.2) is 29.3 Å². The summed E-state index contributed by atoms with van der Waals surface area (Å²) < 4.78 is 23.5. The van der Waals surface area contributed by atoms with Crippen LogP contribution in [0.5, 0.6) is 0 Å². The molecule has 4 heteroatoms. The Bertz CT molecular complexity index is 104. The van der Waals surface area contributed by atoms with Gasteiger partial charge in [-0.1, -0.05) is 13.8 Å². The molecule has 0 amide bonds. The van der Waals surface area contributed by atoms with Crippen LogP contribution in [0.25, 0.3) is 0 Å². The Morgan fingerprint density at radius 3 is 1.90 bits per heavy atom. The van der Waals surface area contributed by atoms with Gasteiger partial charge in [-0.25, -0.2) is 8.78 Å². The monoisotopic (exact) mass is 154 g/mol. The van der Waals surface area contributed by atoms with Crippen molar-refractivity contribution in [1.29, 1.82) is 0 Å². The first-order valence-electron chi connectivity index (χ1n) is 2.99. The van der Waals surface area contributed by atoms with E-state index in [0.29, 0.717) is 0 Å². The summed E-state index contributed by atoms with van der Waals surface area (Å²) in [4.78, 5) is 0. The molecule has 0 saturated carbocycles. The molecule has 0 saturated heterocycles. The highest BCUT2D eigenvalue weighted by Gasteiger charge is 2.33. The molecule has 10 heavy (non-hydrogen) atoms. The third-order valence-corrected chi connectivity index (χ3v) is 1.45. The predicted octanol–water partition coefficient (Wildman–Crippen LogP) is 0.631. The molecular formula is C6H12F2O2. The SMILES string of the molecule is CC(C)(CO)C(O)C(F)F. The molecule has 2 N–H and O–H groups in total. The Balaban J connectivity index is 4.03. The van der Waals surface area contributed by atoms with Crippen molar-refractivity contribution in [3.05, 3.63) is 0 Å². The minimum Gasteiger partial charge on any atom is -0.396 e. The lowest BCUT2D eigenvalue weighted by atomic mass is 9.88. The van der Waals surface area contributed by atoms with Crippen molar-refractivity contribution >= 4 is 0 Å². The van der Waals surface area contributed by atoms with E-state index in [1.807, 2.05) is 0 Å².